The Balaban J connectivity index is 1.83. The molecule has 0 fully saturated rings. The van der Waals surface area contributed by atoms with Crippen LogP contribution >= 0.6 is 0 Å². The van der Waals surface area contributed by atoms with Crippen LogP contribution < -0.4 is 9.47 Å². The molecule has 0 saturated carbocycles. The summed E-state index contributed by atoms with van der Waals surface area (Å²) in [6.45, 7) is 11.9. The molecule has 0 aliphatic carbocycles. The highest BCUT2D eigenvalue weighted by Crippen LogP contribution is 2.17. The Labute approximate surface area is 204 Å². The summed E-state index contributed by atoms with van der Waals surface area (Å²) in [5, 5.41) is 0. The minimum absolute atomic E-state index is 0.107. The topological polar surface area (TPSA) is 105 Å². The van der Waals surface area contributed by atoms with Gasteiger partial charge < -0.3 is 18.9 Å². The first-order valence-corrected chi connectivity index (χ1v) is 11.2. The Morgan fingerprint density at radius 2 is 1.09 bits per heavy atom. The van der Waals surface area contributed by atoms with Gasteiger partial charge in [-0.2, -0.15) is 0 Å². The average molecular weight is 483 g/mol. The van der Waals surface area contributed by atoms with Gasteiger partial charge in [-0.05, 0) is 60.4 Å². The van der Waals surface area contributed by atoms with Crippen LogP contribution in [-0.2, 0) is 19.1 Å². The van der Waals surface area contributed by atoms with Crippen LogP contribution in [0.2, 0.25) is 0 Å². The zero-order valence-corrected chi connectivity index (χ0v) is 20.4. The fourth-order valence-corrected chi connectivity index (χ4v) is 2.56. The van der Waals surface area contributed by atoms with Gasteiger partial charge in [0, 0.05) is 5.57 Å². The number of benzene rings is 2. The third-order valence-electron chi connectivity index (χ3n) is 4.36. The second-order valence-corrected chi connectivity index (χ2v) is 8.68. The van der Waals surface area contributed by atoms with Crippen molar-refractivity contribution in [1.82, 2.24) is 0 Å². The van der Waals surface area contributed by atoms with E-state index in [1.165, 1.54) is 48.5 Å². The first-order chi connectivity index (χ1) is 16.5. The quantitative estimate of drug-likeness (QED) is 0.256. The van der Waals surface area contributed by atoms with E-state index >= 15 is 0 Å². The molecule has 0 N–H and O–H groups in total. The average Bonchev–Trinajstić information content (AvgIpc) is 2.81. The summed E-state index contributed by atoms with van der Waals surface area (Å²) in [5.41, 5.74) is 0.550. The second-order valence-electron chi connectivity index (χ2n) is 8.68. The van der Waals surface area contributed by atoms with Crippen molar-refractivity contribution in [2.45, 2.75) is 34.1 Å². The molecule has 0 aliphatic heterocycles. The minimum Gasteiger partial charge on any atom is -0.462 e. The van der Waals surface area contributed by atoms with Gasteiger partial charge in [0.05, 0.1) is 30.8 Å². The summed E-state index contributed by atoms with van der Waals surface area (Å²) >= 11 is 0. The molecule has 186 valence electrons. The lowest BCUT2D eigenvalue weighted by molar-refractivity contribution is -0.136. The maximum atomic E-state index is 12.3. The summed E-state index contributed by atoms with van der Waals surface area (Å²) in [6.07, 6.45) is -0.392. The van der Waals surface area contributed by atoms with Crippen LogP contribution in [0.4, 0.5) is 0 Å². The monoisotopic (exact) mass is 482 g/mol. The molecule has 0 aliphatic rings. The molecule has 35 heavy (non-hydrogen) atoms. The van der Waals surface area contributed by atoms with E-state index in [0.717, 1.165) is 0 Å². The molecule has 0 heterocycles. The molecule has 0 saturated heterocycles. The maximum Gasteiger partial charge on any atom is 0.339 e. The highest BCUT2D eigenvalue weighted by Gasteiger charge is 2.17. The van der Waals surface area contributed by atoms with Gasteiger partial charge in [-0.15, -0.1) is 0 Å². The number of carbonyl (C=O) groups excluding carboxylic acids is 4. The van der Waals surface area contributed by atoms with Gasteiger partial charge in [0.2, 0.25) is 0 Å². The van der Waals surface area contributed by atoms with Crippen LogP contribution in [0, 0.1) is 11.8 Å². The molecule has 8 nitrogen and oxygen atoms in total. The Morgan fingerprint density at radius 3 is 1.49 bits per heavy atom. The lowest BCUT2D eigenvalue weighted by atomic mass is 10.2. The summed E-state index contributed by atoms with van der Waals surface area (Å²) in [4.78, 5) is 48.3. The predicted octanol–water partition coefficient (Wildman–Crippen LogP) is 4.77. The molecule has 0 bridgehead atoms. The minimum atomic E-state index is -0.805. The second kappa shape index (κ2) is 13.1. The van der Waals surface area contributed by atoms with Crippen molar-refractivity contribution >= 4 is 23.9 Å². The molecule has 0 atom stereocenters. The third-order valence-corrected chi connectivity index (χ3v) is 4.36. The Hall–Kier alpha value is -3.94. The first kappa shape index (κ1) is 27.3. The third kappa shape index (κ3) is 9.44. The van der Waals surface area contributed by atoms with Crippen LogP contribution in [0.3, 0.4) is 0 Å². The molecule has 0 unspecified atom stereocenters. The van der Waals surface area contributed by atoms with E-state index in [4.69, 9.17) is 18.9 Å². The van der Waals surface area contributed by atoms with E-state index < -0.39 is 30.3 Å². The van der Waals surface area contributed by atoms with Crippen LogP contribution in [-0.4, -0.2) is 37.1 Å². The van der Waals surface area contributed by atoms with Gasteiger partial charge >= 0.3 is 23.9 Å². The van der Waals surface area contributed by atoms with Crippen LogP contribution in [0.25, 0.3) is 0 Å². The first-order valence-electron chi connectivity index (χ1n) is 11.2. The van der Waals surface area contributed by atoms with Gasteiger partial charge in [0.15, 0.2) is 0 Å². The fraction of sp³-hybridized carbons (Fsp3) is 0.333. The SMILES string of the molecule is C=C(CC(=O)Oc1ccc(C(=O)OCC(C)C)cc1)C(=O)Oc1ccc(C(=O)OCC(C)C)cc1. The Bertz CT molecular complexity index is 1050. The summed E-state index contributed by atoms with van der Waals surface area (Å²) in [6, 6.07) is 11.7. The molecule has 8 heteroatoms. The highest BCUT2D eigenvalue weighted by atomic mass is 16.5. The largest absolute Gasteiger partial charge is 0.462 e. The van der Waals surface area contributed by atoms with Crippen LogP contribution in [0.1, 0.15) is 54.8 Å². The molecule has 2 rings (SSSR count). The smallest absolute Gasteiger partial charge is 0.339 e. The number of carbonyl (C=O) groups is 4. The lowest BCUT2D eigenvalue weighted by Gasteiger charge is -2.09. The van der Waals surface area contributed by atoms with Crippen molar-refractivity contribution in [3.05, 3.63) is 71.8 Å². The normalized spacial score (nSPS) is 10.6. The summed E-state index contributed by atoms with van der Waals surface area (Å²) in [7, 11) is 0. The molecule has 0 radical (unpaired) electrons. The lowest BCUT2D eigenvalue weighted by Crippen LogP contribution is -2.17. The summed E-state index contributed by atoms with van der Waals surface area (Å²) < 4.78 is 20.7. The number of hydrogen-bond acceptors (Lipinski definition) is 8. The standard InChI is InChI=1S/C27H30O8/c1-17(2)15-32-26(30)20-6-10-22(11-7-20)34-24(28)14-19(5)25(29)35-23-12-8-21(9-13-23)27(31)33-16-18(3)4/h6-13,17-18H,5,14-16H2,1-4H3. The van der Waals surface area contributed by atoms with E-state index in [2.05, 4.69) is 6.58 Å². The molecule has 0 aromatic heterocycles. The van der Waals surface area contributed by atoms with E-state index in [-0.39, 0.29) is 28.9 Å². The van der Waals surface area contributed by atoms with E-state index in [0.29, 0.717) is 24.3 Å². The van der Waals surface area contributed by atoms with Crippen molar-refractivity contribution < 1.29 is 38.1 Å². The van der Waals surface area contributed by atoms with Gasteiger partial charge in [0.25, 0.3) is 0 Å². The van der Waals surface area contributed by atoms with Gasteiger partial charge in [0.1, 0.15) is 11.5 Å². The van der Waals surface area contributed by atoms with E-state index in [1.54, 1.807) is 0 Å². The van der Waals surface area contributed by atoms with Gasteiger partial charge in [-0.3, -0.25) is 4.79 Å². The Kier molecular flexibility index (Phi) is 10.2. The maximum absolute atomic E-state index is 12.3. The number of rotatable bonds is 11. The molecule has 2 aromatic carbocycles. The van der Waals surface area contributed by atoms with Crippen molar-refractivity contribution in [2.24, 2.45) is 11.8 Å². The molecule has 0 spiro atoms. The molecule has 2 aromatic rings. The van der Waals surface area contributed by atoms with Crippen LogP contribution in [0.5, 0.6) is 11.5 Å². The summed E-state index contributed by atoms with van der Waals surface area (Å²) in [5.74, 6) is -1.63. The van der Waals surface area contributed by atoms with Gasteiger partial charge in [-0.25, -0.2) is 14.4 Å². The van der Waals surface area contributed by atoms with E-state index in [1.807, 2.05) is 27.7 Å². The van der Waals surface area contributed by atoms with E-state index in [9.17, 15) is 19.2 Å². The zero-order valence-electron chi connectivity index (χ0n) is 20.4. The highest BCUT2D eigenvalue weighted by molar-refractivity contribution is 5.95. The molecule has 0 amide bonds. The number of ether oxygens (including phenoxy) is 4. The van der Waals surface area contributed by atoms with Crippen molar-refractivity contribution in [3.8, 4) is 11.5 Å². The van der Waals surface area contributed by atoms with Gasteiger partial charge in [-0.1, -0.05) is 34.3 Å². The van der Waals surface area contributed by atoms with Crippen molar-refractivity contribution in [3.63, 3.8) is 0 Å². The van der Waals surface area contributed by atoms with Crippen molar-refractivity contribution in [1.29, 1.82) is 0 Å². The number of hydrogen-bond donors (Lipinski definition) is 0. The Morgan fingerprint density at radius 1 is 0.686 bits per heavy atom. The molecular formula is C27H30O8. The van der Waals surface area contributed by atoms with Crippen molar-refractivity contribution in [2.75, 3.05) is 13.2 Å². The predicted molar refractivity (Wildman–Crippen MR) is 128 cm³/mol. The zero-order chi connectivity index (χ0) is 26.0. The number of esters is 4. The molecular weight excluding hydrogens is 452 g/mol. The fourth-order valence-electron chi connectivity index (χ4n) is 2.56. The van der Waals surface area contributed by atoms with Crippen LogP contribution in [0.15, 0.2) is 60.7 Å².